The first-order valence-electron chi connectivity index (χ1n) is 8.06. The smallest absolute Gasteiger partial charge is 0.406 e. The summed E-state index contributed by atoms with van der Waals surface area (Å²) in [4.78, 5) is -1.20. The largest absolute Gasteiger partial charge is 0.573 e. The molecule has 1 aliphatic rings. The van der Waals surface area contributed by atoms with E-state index in [0.717, 1.165) is 24.3 Å². The van der Waals surface area contributed by atoms with E-state index in [-0.39, 0.29) is 11.3 Å². The van der Waals surface area contributed by atoms with Gasteiger partial charge in [-0.05, 0) is 65.8 Å². The summed E-state index contributed by atoms with van der Waals surface area (Å²) in [7, 11) is -4.56. The fraction of sp³-hybridized carbons (Fsp3) is 0.222. The van der Waals surface area contributed by atoms with Gasteiger partial charge in [-0.1, -0.05) is 12.1 Å². The van der Waals surface area contributed by atoms with E-state index in [2.05, 4.69) is 4.74 Å². The van der Waals surface area contributed by atoms with E-state index < -0.39 is 32.9 Å². The van der Waals surface area contributed by atoms with Gasteiger partial charge in [0.1, 0.15) is 17.4 Å². The molecule has 3 rings (SSSR count). The topological polar surface area (TPSA) is 69.4 Å². The van der Waals surface area contributed by atoms with Crippen LogP contribution < -0.4 is 9.88 Å². The minimum atomic E-state index is -4.81. The molecule has 10 heteroatoms. The minimum absolute atomic E-state index is 0.158. The Balaban J connectivity index is 2.01. The van der Waals surface area contributed by atoms with Crippen LogP contribution in [0.15, 0.2) is 41.3 Å². The van der Waals surface area contributed by atoms with Crippen LogP contribution in [0.25, 0.3) is 11.1 Å². The lowest BCUT2D eigenvalue weighted by molar-refractivity contribution is -0.274. The molecule has 0 fully saturated rings. The Kier molecular flexibility index (Phi) is 5.20. The lowest BCUT2D eigenvalue weighted by atomic mass is 9.97. The second-order valence-electron chi connectivity index (χ2n) is 6.20. The molecule has 0 aromatic heterocycles. The number of sulfonamides is 1. The number of rotatable bonds is 4. The van der Waals surface area contributed by atoms with Gasteiger partial charge in [-0.15, -0.1) is 13.2 Å². The lowest BCUT2D eigenvalue weighted by Crippen LogP contribution is -2.17. The maximum absolute atomic E-state index is 14.2. The summed E-state index contributed by atoms with van der Waals surface area (Å²) in [6.45, 7) is 0. The van der Waals surface area contributed by atoms with Crippen LogP contribution in [0.5, 0.6) is 5.75 Å². The van der Waals surface area contributed by atoms with Crippen molar-refractivity contribution in [2.45, 2.75) is 30.5 Å². The van der Waals surface area contributed by atoms with Gasteiger partial charge in [-0.25, -0.2) is 22.3 Å². The first kappa shape index (κ1) is 20.3. The zero-order chi connectivity index (χ0) is 20.7. The first-order valence-corrected chi connectivity index (χ1v) is 9.61. The van der Waals surface area contributed by atoms with Gasteiger partial charge in [-0.2, -0.15) is 0 Å². The predicted octanol–water partition coefficient (Wildman–Crippen LogP) is 4.61. The molecule has 150 valence electrons. The van der Waals surface area contributed by atoms with Gasteiger partial charge in [0.25, 0.3) is 0 Å². The van der Waals surface area contributed by atoms with Crippen molar-refractivity contribution >= 4 is 21.2 Å². The van der Waals surface area contributed by atoms with Gasteiger partial charge in [0, 0.05) is 0 Å². The summed E-state index contributed by atoms with van der Waals surface area (Å²) in [5.41, 5.74) is 2.04. The third-order valence-electron chi connectivity index (χ3n) is 4.29. The number of benzene rings is 2. The van der Waals surface area contributed by atoms with Crippen molar-refractivity contribution in [2.75, 3.05) is 0 Å². The van der Waals surface area contributed by atoms with Crippen molar-refractivity contribution in [3.8, 4) is 5.75 Å². The van der Waals surface area contributed by atoms with Crippen LogP contribution in [0.2, 0.25) is 0 Å². The first-order chi connectivity index (χ1) is 13.0. The zero-order valence-corrected chi connectivity index (χ0v) is 15.0. The zero-order valence-electron chi connectivity index (χ0n) is 14.2. The Hall–Kier alpha value is -2.46. The summed E-state index contributed by atoms with van der Waals surface area (Å²) < 4.78 is 91.6. The monoisotopic (exact) mass is 419 g/mol. The Morgan fingerprint density at radius 2 is 1.39 bits per heavy atom. The van der Waals surface area contributed by atoms with Crippen LogP contribution in [-0.2, 0) is 10.0 Å². The average Bonchev–Trinajstić information content (AvgIpc) is 3.01. The second-order valence-corrected chi connectivity index (χ2v) is 7.70. The van der Waals surface area contributed by atoms with E-state index in [4.69, 9.17) is 5.14 Å². The molecule has 0 saturated heterocycles. The van der Waals surface area contributed by atoms with E-state index >= 15 is 0 Å². The third-order valence-corrected chi connectivity index (χ3v) is 5.24. The molecule has 2 aromatic carbocycles. The van der Waals surface area contributed by atoms with Gasteiger partial charge >= 0.3 is 6.36 Å². The van der Waals surface area contributed by atoms with E-state index in [1.54, 1.807) is 0 Å². The summed E-state index contributed by atoms with van der Waals surface area (Å²) in [6, 6.07) is 6.93. The number of allylic oxidation sites excluding steroid dienone is 2. The molecule has 2 N–H and O–H groups in total. The molecule has 0 aliphatic heterocycles. The van der Waals surface area contributed by atoms with E-state index in [0.29, 0.717) is 36.0 Å². The normalized spacial score (nSPS) is 15.2. The van der Waals surface area contributed by atoms with Crippen molar-refractivity contribution in [1.82, 2.24) is 0 Å². The summed E-state index contributed by atoms with van der Waals surface area (Å²) >= 11 is 0. The highest BCUT2D eigenvalue weighted by Gasteiger charge is 2.31. The van der Waals surface area contributed by atoms with Crippen LogP contribution in [0.1, 0.15) is 30.4 Å². The highest BCUT2D eigenvalue weighted by Crippen LogP contribution is 2.41. The molecule has 0 spiro atoms. The van der Waals surface area contributed by atoms with Gasteiger partial charge in [0.15, 0.2) is 4.90 Å². The average molecular weight is 419 g/mol. The highest BCUT2D eigenvalue weighted by molar-refractivity contribution is 7.89. The molecule has 0 bridgehead atoms. The molecular formula is C18H14F5NO3S. The number of nitrogens with two attached hydrogens (primary N) is 1. The second kappa shape index (κ2) is 7.17. The molecule has 0 radical (unpaired) electrons. The van der Waals surface area contributed by atoms with Crippen LogP contribution in [0.4, 0.5) is 22.0 Å². The fourth-order valence-electron chi connectivity index (χ4n) is 3.24. The summed E-state index contributed by atoms with van der Waals surface area (Å²) in [5.74, 6) is -2.98. The lowest BCUT2D eigenvalue weighted by Gasteiger charge is -2.12. The molecule has 1 aliphatic carbocycles. The number of hydrogen-bond acceptors (Lipinski definition) is 3. The Morgan fingerprint density at radius 1 is 0.893 bits per heavy atom. The maximum atomic E-state index is 14.2. The highest BCUT2D eigenvalue weighted by atomic mass is 32.2. The SMILES string of the molecule is NS(=O)(=O)c1c(F)cc(C2=C(c3ccc(OC(F)(F)F)cc3)CCC2)cc1F. The molecule has 2 aromatic rings. The molecule has 0 heterocycles. The summed E-state index contributed by atoms with van der Waals surface area (Å²) in [5, 5.41) is 4.83. The molecule has 4 nitrogen and oxygen atoms in total. The van der Waals surface area contributed by atoms with E-state index in [9.17, 15) is 30.4 Å². The van der Waals surface area contributed by atoms with Crippen LogP contribution >= 0.6 is 0 Å². The number of primary sulfonamides is 1. The van der Waals surface area contributed by atoms with Crippen molar-refractivity contribution < 1.29 is 35.1 Å². The minimum Gasteiger partial charge on any atom is -0.406 e. The van der Waals surface area contributed by atoms with Crippen molar-refractivity contribution in [2.24, 2.45) is 5.14 Å². The van der Waals surface area contributed by atoms with Crippen LogP contribution in [0.3, 0.4) is 0 Å². The molecule has 0 amide bonds. The molecule has 0 unspecified atom stereocenters. The number of hydrogen-bond donors (Lipinski definition) is 1. The quantitative estimate of drug-likeness (QED) is 0.736. The van der Waals surface area contributed by atoms with Gasteiger partial charge in [0.05, 0.1) is 0 Å². The summed E-state index contributed by atoms with van der Waals surface area (Å²) in [6.07, 6.45) is -3.11. The maximum Gasteiger partial charge on any atom is 0.573 e. The fourth-order valence-corrected chi connectivity index (χ4v) is 3.91. The molecule has 0 atom stereocenters. The molecule has 0 saturated carbocycles. The van der Waals surface area contributed by atoms with Gasteiger partial charge in [-0.3, -0.25) is 0 Å². The molecular weight excluding hydrogens is 405 g/mol. The van der Waals surface area contributed by atoms with Crippen molar-refractivity contribution in [3.05, 3.63) is 59.2 Å². The Labute approximate surface area is 157 Å². The van der Waals surface area contributed by atoms with Crippen LogP contribution in [-0.4, -0.2) is 14.8 Å². The standard InChI is InChI=1S/C18H14F5NO3S/c19-15-8-11(9-16(20)17(15)28(24,25)26)14-3-1-2-13(14)10-4-6-12(7-5-10)27-18(21,22)23/h4-9H,1-3H2,(H2,24,25,26). The van der Waals surface area contributed by atoms with Crippen LogP contribution in [0, 0.1) is 11.6 Å². The van der Waals surface area contributed by atoms with E-state index in [1.165, 1.54) is 12.1 Å². The number of ether oxygens (including phenoxy) is 1. The molecule has 28 heavy (non-hydrogen) atoms. The van der Waals surface area contributed by atoms with Crippen molar-refractivity contribution in [3.63, 3.8) is 0 Å². The number of alkyl halides is 3. The number of halogens is 5. The Morgan fingerprint density at radius 3 is 1.86 bits per heavy atom. The van der Waals surface area contributed by atoms with Gasteiger partial charge in [0.2, 0.25) is 10.0 Å². The third kappa shape index (κ3) is 4.33. The Bertz CT molecular complexity index is 1020. The van der Waals surface area contributed by atoms with Crippen molar-refractivity contribution in [1.29, 1.82) is 0 Å². The van der Waals surface area contributed by atoms with E-state index in [1.807, 2.05) is 0 Å². The van der Waals surface area contributed by atoms with Gasteiger partial charge < -0.3 is 4.74 Å². The predicted molar refractivity (Wildman–Crippen MR) is 91.5 cm³/mol.